The van der Waals surface area contributed by atoms with Gasteiger partial charge in [-0.1, -0.05) is 12.1 Å². The van der Waals surface area contributed by atoms with Crippen molar-refractivity contribution in [3.05, 3.63) is 46.2 Å². The standard InChI is InChI=1S/C17H23N3O2/c1-19(2)11-17(22)7-8-20(12-17)10-13-9-16(21)14-5-3-4-6-15(14)18-13/h3-6,9,22H,7-8,10-12H2,1-2H3,(H,18,21). The van der Waals surface area contributed by atoms with Crippen molar-refractivity contribution in [2.45, 2.75) is 18.6 Å². The van der Waals surface area contributed by atoms with Gasteiger partial charge in [0.15, 0.2) is 5.43 Å². The molecule has 22 heavy (non-hydrogen) atoms. The van der Waals surface area contributed by atoms with Crippen LogP contribution in [0.25, 0.3) is 10.9 Å². The van der Waals surface area contributed by atoms with Gasteiger partial charge in [-0.15, -0.1) is 0 Å². The van der Waals surface area contributed by atoms with E-state index in [9.17, 15) is 9.90 Å². The van der Waals surface area contributed by atoms with Gasteiger partial charge in [-0.3, -0.25) is 9.69 Å². The van der Waals surface area contributed by atoms with Crippen molar-refractivity contribution in [3.8, 4) is 0 Å². The van der Waals surface area contributed by atoms with Crippen LogP contribution < -0.4 is 5.43 Å². The van der Waals surface area contributed by atoms with E-state index in [2.05, 4.69) is 9.88 Å². The maximum Gasteiger partial charge on any atom is 0.189 e. The summed E-state index contributed by atoms with van der Waals surface area (Å²) in [5.41, 5.74) is 1.17. The predicted octanol–water partition coefficient (Wildman–Crippen LogP) is 1.03. The molecule has 0 aliphatic carbocycles. The molecule has 0 bridgehead atoms. The quantitative estimate of drug-likeness (QED) is 0.885. The SMILES string of the molecule is CN(C)CC1(O)CCN(Cc2cc(=O)c3ccccc3[nH]2)C1. The fourth-order valence-corrected chi connectivity index (χ4v) is 3.37. The summed E-state index contributed by atoms with van der Waals surface area (Å²) < 4.78 is 0. The van der Waals surface area contributed by atoms with E-state index in [1.807, 2.05) is 43.3 Å². The molecule has 1 unspecified atom stereocenters. The van der Waals surface area contributed by atoms with Crippen LogP contribution in [-0.2, 0) is 6.54 Å². The van der Waals surface area contributed by atoms with Gasteiger partial charge in [-0.05, 0) is 32.6 Å². The maximum atomic E-state index is 12.2. The summed E-state index contributed by atoms with van der Waals surface area (Å²) in [5, 5.41) is 11.3. The third-order valence-electron chi connectivity index (χ3n) is 4.21. The van der Waals surface area contributed by atoms with Crippen LogP contribution in [0.2, 0.25) is 0 Å². The van der Waals surface area contributed by atoms with Gasteiger partial charge in [-0.25, -0.2) is 0 Å². The Bertz CT molecular complexity index is 725. The summed E-state index contributed by atoms with van der Waals surface area (Å²) in [5.74, 6) is 0. The molecule has 1 fully saturated rings. The minimum absolute atomic E-state index is 0.0482. The van der Waals surface area contributed by atoms with Gasteiger partial charge in [0.1, 0.15) is 0 Å². The monoisotopic (exact) mass is 301 g/mol. The molecule has 2 heterocycles. The van der Waals surface area contributed by atoms with E-state index in [1.165, 1.54) is 0 Å². The van der Waals surface area contributed by atoms with E-state index >= 15 is 0 Å². The number of aliphatic hydroxyl groups is 1. The summed E-state index contributed by atoms with van der Waals surface area (Å²) >= 11 is 0. The number of likely N-dealkylation sites (tertiary alicyclic amines) is 1. The highest BCUT2D eigenvalue weighted by molar-refractivity contribution is 5.78. The molecule has 0 spiro atoms. The number of β-amino-alcohol motifs (C(OH)–C–C–N with tert-alkyl or cyclic N) is 1. The Morgan fingerprint density at radius 1 is 1.36 bits per heavy atom. The van der Waals surface area contributed by atoms with Crippen LogP contribution in [0.4, 0.5) is 0 Å². The number of fused-ring (bicyclic) bond motifs is 1. The molecule has 2 aromatic rings. The molecule has 3 rings (SSSR count). The molecule has 1 aliphatic rings. The van der Waals surface area contributed by atoms with E-state index in [0.29, 0.717) is 19.6 Å². The maximum absolute atomic E-state index is 12.2. The number of pyridine rings is 1. The summed E-state index contributed by atoms with van der Waals surface area (Å²) in [6.07, 6.45) is 0.767. The lowest BCUT2D eigenvalue weighted by Crippen LogP contribution is -2.42. The van der Waals surface area contributed by atoms with Gasteiger partial charge in [0.05, 0.1) is 5.60 Å². The molecule has 118 valence electrons. The zero-order chi connectivity index (χ0) is 15.7. The van der Waals surface area contributed by atoms with E-state index < -0.39 is 5.60 Å². The van der Waals surface area contributed by atoms with Gasteiger partial charge >= 0.3 is 0 Å². The van der Waals surface area contributed by atoms with E-state index in [0.717, 1.165) is 29.6 Å². The van der Waals surface area contributed by atoms with Gasteiger partial charge < -0.3 is 15.0 Å². The largest absolute Gasteiger partial charge is 0.387 e. The molecule has 0 saturated carbocycles. The number of nitrogens with zero attached hydrogens (tertiary/aromatic N) is 2. The fourth-order valence-electron chi connectivity index (χ4n) is 3.37. The summed E-state index contributed by atoms with van der Waals surface area (Å²) in [7, 11) is 3.95. The van der Waals surface area contributed by atoms with E-state index in [4.69, 9.17) is 0 Å². The third-order valence-corrected chi connectivity index (χ3v) is 4.21. The number of likely N-dealkylation sites (N-methyl/N-ethyl adjacent to an activating group) is 1. The van der Waals surface area contributed by atoms with Crippen molar-refractivity contribution in [2.24, 2.45) is 0 Å². The minimum atomic E-state index is -0.652. The second kappa shape index (κ2) is 5.83. The molecule has 1 atom stereocenters. The van der Waals surface area contributed by atoms with Crippen LogP contribution in [0.5, 0.6) is 0 Å². The zero-order valence-electron chi connectivity index (χ0n) is 13.2. The lowest BCUT2D eigenvalue weighted by Gasteiger charge is -2.26. The van der Waals surface area contributed by atoms with Crippen molar-refractivity contribution in [3.63, 3.8) is 0 Å². The molecule has 5 nitrogen and oxygen atoms in total. The van der Waals surface area contributed by atoms with Crippen molar-refractivity contribution in [1.82, 2.24) is 14.8 Å². The Kier molecular flexibility index (Phi) is 4.04. The molecule has 1 aromatic carbocycles. The van der Waals surface area contributed by atoms with Crippen LogP contribution in [0, 0.1) is 0 Å². The number of para-hydroxylation sites is 1. The minimum Gasteiger partial charge on any atom is -0.387 e. The topological polar surface area (TPSA) is 59.6 Å². The highest BCUT2D eigenvalue weighted by atomic mass is 16.3. The van der Waals surface area contributed by atoms with Crippen LogP contribution in [-0.4, -0.2) is 59.2 Å². The molecule has 2 N–H and O–H groups in total. The van der Waals surface area contributed by atoms with Gasteiger partial charge in [0, 0.05) is 48.8 Å². The number of benzene rings is 1. The predicted molar refractivity (Wildman–Crippen MR) is 88.0 cm³/mol. The third kappa shape index (κ3) is 3.21. The van der Waals surface area contributed by atoms with Crippen LogP contribution in [0.3, 0.4) is 0 Å². The van der Waals surface area contributed by atoms with Gasteiger partial charge in [0.2, 0.25) is 0 Å². The van der Waals surface area contributed by atoms with Crippen molar-refractivity contribution >= 4 is 10.9 Å². The fraction of sp³-hybridized carbons (Fsp3) is 0.471. The second-order valence-electron chi connectivity index (χ2n) is 6.63. The Hall–Kier alpha value is -1.69. The molecule has 1 aliphatic heterocycles. The smallest absolute Gasteiger partial charge is 0.189 e. The molecular weight excluding hydrogens is 278 g/mol. The summed E-state index contributed by atoms with van der Waals surface area (Å²) in [6, 6.07) is 9.23. The first-order valence-electron chi connectivity index (χ1n) is 7.66. The number of hydrogen-bond acceptors (Lipinski definition) is 4. The highest BCUT2D eigenvalue weighted by Crippen LogP contribution is 2.23. The van der Waals surface area contributed by atoms with Crippen molar-refractivity contribution < 1.29 is 5.11 Å². The Balaban J connectivity index is 1.76. The first kappa shape index (κ1) is 15.2. The second-order valence-corrected chi connectivity index (χ2v) is 6.63. The van der Waals surface area contributed by atoms with E-state index in [1.54, 1.807) is 6.07 Å². The summed E-state index contributed by atoms with van der Waals surface area (Å²) in [6.45, 7) is 2.81. The normalized spacial score (nSPS) is 22.7. The highest BCUT2D eigenvalue weighted by Gasteiger charge is 2.36. The Morgan fingerprint density at radius 3 is 2.91 bits per heavy atom. The molecule has 5 heteroatoms. The average Bonchev–Trinajstić information content (AvgIpc) is 2.78. The lowest BCUT2D eigenvalue weighted by molar-refractivity contribution is 0.0239. The molecule has 1 aromatic heterocycles. The number of rotatable bonds is 4. The zero-order valence-corrected chi connectivity index (χ0v) is 13.2. The van der Waals surface area contributed by atoms with Gasteiger partial charge in [-0.2, -0.15) is 0 Å². The Morgan fingerprint density at radius 2 is 2.14 bits per heavy atom. The van der Waals surface area contributed by atoms with E-state index in [-0.39, 0.29) is 5.43 Å². The van der Waals surface area contributed by atoms with Crippen molar-refractivity contribution in [2.75, 3.05) is 33.7 Å². The number of H-pyrrole nitrogens is 1. The average molecular weight is 301 g/mol. The van der Waals surface area contributed by atoms with Crippen LogP contribution in [0.15, 0.2) is 35.1 Å². The Labute approximate surface area is 130 Å². The van der Waals surface area contributed by atoms with Gasteiger partial charge in [0.25, 0.3) is 0 Å². The number of aromatic nitrogens is 1. The number of aromatic amines is 1. The summed E-state index contributed by atoms with van der Waals surface area (Å²) in [4.78, 5) is 19.7. The first-order valence-corrected chi connectivity index (χ1v) is 7.66. The van der Waals surface area contributed by atoms with Crippen molar-refractivity contribution in [1.29, 1.82) is 0 Å². The van der Waals surface area contributed by atoms with Crippen LogP contribution in [0.1, 0.15) is 12.1 Å². The number of hydrogen-bond donors (Lipinski definition) is 2. The first-order chi connectivity index (χ1) is 10.5. The number of nitrogens with one attached hydrogen (secondary N) is 1. The lowest BCUT2D eigenvalue weighted by atomic mass is 10.0. The molecule has 0 amide bonds. The molecular formula is C17H23N3O2. The van der Waals surface area contributed by atoms with Crippen LogP contribution >= 0.6 is 0 Å². The molecule has 1 saturated heterocycles. The molecule has 0 radical (unpaired) electrons.